The standard InChI is InChI=1S/C10H12Cl2O/c1-5-8(4-13)6(2)10(12)7(3)9(5)11/h13H,4H2,1-3H3. The van der Waals surface area contributed by atoms with Gasteiger partial charge in [0, 0.05) is 10.0 Å². The number of aliphatic hydroxyl groups is 1. The predicted octanol–water partition coefficient (Wildman–Crippen LogP) is 3.41. The lowest BCUT2D eigenvalue weighted by Gasteiger charge is -2.14. The first-order chi connectivity index (χ1) is 6.00. The highest BCUT2D eigenvalue weighted by atomic mass is 35.5. The molecule has 0 aliphatic heterocycles. The molecule has 0 unspecified atom stereocenters. The predicted molar refractivity (Wildman–Crippen MR) is 56.6 cm³/mol. The van der Waals surface area contributed by atoms with E-state index in [0.717, 1.165) is 22.3 Å². The monoisotopic (exact) mass is 218 g/mol. The fourth-order valence-corrected chi connectivity index (χ4v) is 1.91. The molecular weight excluding hydrogens is 207 g/mol. The minimum atomic E-state index is -0.0165. The summed E-state index contributed by atoms with van der Waals surface area (Å²) in [6.45, 7) is 5.65. The molecule has 0 aliphatic carbocycles. The number of hydrogen-bond acceptors (Lipinski definition) is 1. The molecule has 0 aromatic heterocycles. The van der Waals surface area contributed by atoms with Crippen molar-refractivity contribution in [2.24, 2.45) is 0 Å². The van der Waals surface area contributed by atoms with Crippen LogP contribution >= 0.6 is 23.2 Å². The van der Waals surface area contributed by atoms with Crippen molar-refractivity contribution in [2.75, 3.05) is 0 Å². The molecule has 72 valence electrons. The molecule has 0 heterocycles. The summed E-state index contributed by atoms with van der Waals surface area (Å²) in [7, 11) is 0. The lowest BCUT2D eigenvalue weighted by molar-refractivity contribution is 0.280. The Labute approximate surface area is 88.3 Å². The first-order valence-electron chi connectivity index (χ1n) is 4.05. The van der Waals surface area contributed by atoms with Crippen molar-refractivity contribution in [3.8, 4) is 0 Å². The van der Waals surface area contributed by atoms with Crippen LogP contribution in [0.4, 0.5) is 0 Å². The van der Waals surface area contributed by atoms with Crippen LogP contribution in [0.1, 0.15) is 22.3 Å². The molecule has 1 rings (SSSR count). The van der Waals surface area contributed by atoms with E-state index >= 15 is 0 Å². The lowest BCUT2D eigenvalue weighted by Crippen LogP contribution is -1.98. The van der Waals surface area contributed by atoms with Crippen molar-refractivity contribution in [3.63, 3.8) is 0 Å². The molecule has 1 nitrogen and oxygen atoms in total. The summed E-state index contributed by atoms with van der Waals surface area (Å²) in [5, 5.41) is 10.4. The zero-order valence-electron chi connectivity index (χ0n) is 7.91. The van der Waals surface area contributed by atoms with Gasteiger partial charge in [-0.3, -0.25) is 0 Å². The topological polar surface area (TPSA) is 20.2 Å². The molecule has 13 heavy (non-hydrogen) atoms. The number of hydrogen-bond donors (Lipinski definition) is 1. The third-order valence-electron chi connectivity index (χ3n) is 2.38. The molecule has 0 fully saturated rings. The molecule has 0 spiro atoms. The number of aliphatic hydroxyl groups excluding tert-OH is 1. The Bertz CT molecular complexity index is 316. The van der Waals surface area contributed by atoms with Crippen LogP contribution in [-0.2, 0) is 6.61 Å². The van der Waals surface area contributed by atoms with Gasteiger partial charge in [-0.15, -0.1) is 0 Å². The Balaban J connectivity index is 3.56. The number of benzene rings is 1. The molecule has 0 bridgehead atoms. The smallest absolute Gasteiger partial charge is 0.0688 e. The van der Waals surface area contributed by atoms with E-state index in [-0.39, 0.29) is 6.61 Å². The number of halogens is 2. The zero-order chi connectivity index (χ0) is 10.2. The van der Waals surface area contributed by atoms with E-state index in [9.17, 15) is 0 Å². The van der Waals surface area contributed by atoms with Crippen LogP contribution in [0.5, 0.6) is 0 Å². The van der Waals surface area contributed by atoms with Gasteiger partial charge in [0.1, 0.15) is 0 Å². The van der Waals surface area contributed by atoms with Gasteiger partial charge in [-0.25, -0.2) is 0 Å². The van der Waals surface area contributed by atoms with Crippen LogP contribution in [0.3, 0.4) is 0 Å². The summed E-state index contributed by atoms with van der Waals surface area (Å²) in [4.78, 5) is 0. The normalized spacial score (nSPS) is 10.6. The molecule has 0 aliphatic rings. The van der Waals surface area contributed by atoms with E-state index in [1.54, 1.807) is 0 Å². The van der Waals surface area contributed by atoms with E-state index < -0.39 is 0 Å². The molecule has 0 saturated carbocycles. The van der Waals surface area contributed by atoms with Crippen LogP contribution in [0.2, 0.25) is 10.0 Å². The van der Waals surface area contributed by atoms with E-state index in [1.165, 1.54) is 0 Å². The molecule has 0 atom stereocenters. The summed E-state index contributed by atoms with van der Waals surface area (Å²) in [6.07, 6.45) is 0. The third kappa shape index (κ3) is 1.69. The average Bonchev–Trinajstić information content (AvgIpc) is 2.13. The van der Waals surface area contributed by atoms with Gasteiger partial charge in [0.25, 0.3) is 0 Å². The van der Waals surface area contributed by atoms with E-state index in [2.05, 4.69) is 0 Å². The first-order valence-corrected chi connectivity index (χ1v) is 4.80. The van der Waals surface area contributed by atoms with Gasteiger partial charge in [0.05, 0.1) is 6.61 Å². The zero-order valence-corrected chi connectivity index (χ0v) is 9.42. The SMILES string of the molecule is Cc1c(Cl)c(C)c(CO)c(C)c1Cl. The Morgan fingerprint density at radius 3 is 1.62 bits per heavy atom. The fourth-order valence-electron chi connectivity index (χ4n) is 1.44. The summed E-state index contributed by atoms with van der Waals surface area (Å²) in [5.41, 5.74) is 3.56. The van der Waals surface area contributed by atoms with Crippen LogP contribution in [0.25, 0.3) is 0 Å². The summed E-state index contributed by atoms with van der Waals surface area (Å²) in [6, 6.07) is 0. The lowest BCUT2D eigenvalue weighted by atomic mass is 10.00. The Kier molecular flexibility index (Phi) is 3.23. The molecular formula is C10H12Cl2O. The van der Waals surface area contributed by atoms with Gasteiger partial charge >= 0.3 is 0 Å². The van der Waals surface area contributed by atoms with Crippen molar-refractivity contribution < 1.29 is 5.11 Å². The van der Waals surface area contributed by atoms with Crippen molar-refractivity contribution in [1.82, 2.24) is 0 Å². The van der Waals surface area contributed by atoms with Crippen molar-refractivity contribution in [3.05, 3.63) is 32.3 Å². The molecule has 1 aromatic carbocycles. The third-order valence-corrected chi connectivity index (χ3v) is 3.51. The van der Waals surface area contributed by atoms with Gasteiger partial charge in [0.2, 0.25) is 0 Å². The quantitative estimate of drug-likeness (QED) is 0.767. The maximum Gasteiger partial charge on any atom is 0.0688 e. The molecule has 0 saturated heterocycles. The Morgan fingerprint density at radius 1 is 0.923 bits per heavy atom. The summed E-state index contributed by atoms with van der Waals surface area (Å²) < 4.78 is 0. The molecule has 3 heteroatoms. The highest BCUT2D eigenvalue weighted by molar-refractivity contribution is 6.37. The van der Waals surface area contributed by atoms with E-state index in [1.807, 2.05) is 20.8 Å². The molecule has 0 radical (unpaired) electrons. The molecule has 0 amide bonds. The van der Waals surface area contributed by atoms with Crippen molar-refractivity contribution >= 4 is 23.2 Å². The average molecular weight is 219 g/mol. The van der Waals surface area contributed by atoms with Gasteiger partial charge in [-0.2, -0.15) is 0 Å². The van der Waals surface area contributed by atoms with Gasteiger partial charge in [-0.1, -0.05) is 23.2 Å². The van der Waals surface area contributed by atoms with E-state index in [0.29, 0.717) is 10.0 Å². The highest BCUT2D eigenvalue weighted by Gasteiger charge is 2.13. The molecule has 1 aromatic rings. The van der Waals surface area contributed by atoms with Gasteiger partial charge < -0.3 is 5.11 Å². The van der Waals surface area contributed by atoms with Crippen molar-refractivity contribution in [1.29, 1.82) is 0 Å². The second-order valence-electron chi connectivity index (χ2n) is 3.14. The summed E-state index contributed by atoms with van der Waals surface area (Å²) in [5.74, 6) is 0. The largest absolute Gasteiger partial charge is 0.392 e. The fraction of sp³-hybridized carbons (Fsp3) is 0.400. The first kappa shape index (κ1) is 10.8. The van der Waals surface area contributed by atoms with Gasteiger partial charge in [0.15, 0.2) is 0 Å². The van der Waals surface area contributed by atoms with Crippen LogP contribution in [0, 0.1) is 20.8 Å². The van der Waals surface area contributed by atoms with E-state index in [4.69, 9.17) is 28.3 Å². The van der Waals surface area contributed by atoms with Crippen LogP contribution < -0.4 is 0 Å². The Morgan fingerprint density at radius 2 is 1.31 bits per heavy atom. The second kappa shape index (κ2) is 3.87. The Hall–Kier alpha value is -0.240. The maximum absolute atomic E-state index is 9.12. The van der Waals surface area contributed by atoms with Crippen molar-refractivity contribution in [2.45, 2.75) is 27.4 Å². The highest BCUT2D eigenvalue weighted by Crippen LogP contribution is 2.33. The minimum absolute atomic E-state index is 0.0165. The minimum Gasteiger partial charge on any atom is -0.392 e. The van der Waals surface area contributed by atoms with Crippen LogP contribution in [0.15, 0.2) is 0 Å². The van der Waals surface area contributed by atoms with Gasteiger partial charge in [-0.05, 0) is 43.0 Å². The second-order valence-corrected chi connectivity index (χ2v) is 3.90. The summed E-state index contributed by atoms with van der Waals surface area (Å²) >= 11 is 12.1. The van der Waals surface area contributed by atoms with Crippen LogP contribution in [-0.4, -0.2) is 5.11 Å². The number of rotatable bonds is 1. The molecule has 1 N–H and O–H groups in total. The maximum atomic E-state index is 9.12.